The van der Waals surface area contributed by atoms with Gasteiger partial charge in [-0.3, -0.25) is 9.36 Å². The summed E-state index contributed by atoms with van der Waals surface area (Å²) in [6.07, 6.45) is 9.42. The van der Waals surface area contributed by atoms with Gasteiger partial charge in [-0.15, -0.1) is 0 Å². The summed E-state index contributed by atoms with van der Waals surface area (Å²) >= 11 is 0. The number of carbonyl (C=O) groups excluding carboxylic acids is 1. The molecule has 21 heavy (non-hydrogen) atoms. The number of rotatable bonds is 4. The van der Waals surface area contributed by atoms with Crippen LogP contribution in [0.1, 0.15) is 28.8 Å². The van der Waals surface area contributed by atoms with E-state index in [1.807, 2.05) is 42.0 Å². The van der Waals surface area contributed by atoms with Gasteiger partial charge in [0, 0.05) is 37.1 Å². The van der Waals surface area contributed by atoms with Gasteiger partial charge in [-0.25, -0.2) is 4.98 Å². The second-order valence-corrected chi connectivity index (χ2v) is 5.40. The van der Waals surface area contributed by atoms with Gasteiger partial charge < -0.3 is 4.90 Å². The zero-order valence-corrected chi connectivity index (χ0v) is 12.2. The summed E-state index contributed by atoms with van der Waals surface area (Å²) in [4.78, 5) is 18.8. The normalized spacial score (nSPS) is 15.5. The molecule has 1 saturated heterocycles. The maximum Gasteiger partial charge on any atom is 0.189 e. The summed E-state index contributed by atoms with van der Waals surface area (Å²) in [5, 5.41) is 0. The second-order valence-electron chi connectivity index (χ2n) is 5.40. The topological polar surface area (TPSA) is 38.1 Å². The van der Waals surface area contributed by atoms with Crippen LogP contribution in [0.15, 0.2) is 49.1 Å². The first kappa shape index (κ1) is 13.6. The van der Waals surface area contributed by atoms with Crippen LogP contribution in [0.25, 0.3) is 5.82 Å². The molecule has 2 heterocycles. The van der Waals surface area contributed by atoms with Crippen molar-refractivity contribution in [3.05, 3.63) is 60.2 Å². The molecule has 1 aliphatic rings. The fourth-order valence-electron chi connectivity index (χ4n) is 2.59. The molecule has 4 nitrogen and oxygen atoms in total. The average molecular weight is 281 g/mol. The van der Waals surface area contributed by atoms with E-state index in [1.54, 1.807) is 18.6 Å². The highest BCUT2D eigenvalue weighted by molar-refractivity contribution is 6.07. The summed E-state index contributed by atoms with van der Waals surface area (Å²) in [6, 6.07) is 7.69. The summed E-state index contributed by atoms with van der Waals surface area (Å²) in [5.41, 5.74) is 1.88. The lowest BCUT2D eigenvalue weighted by molar-refractivity contribution is 0.104. The molecule has 1 aliphatic heterocycles. The van der Waals surface area contributed by atoms with Crippen molar-refractivity contribution in [3.63, 3.8) is 0 Å². The Morgan fingerprint density at radius 3 is 2.52 bits per heavy atom. The molecule has 0 aliphatic carbocycles. The zero-order valence-electron chi connectivity index (χ0n) is 12.2. The molecule has 4 heteroatoms. The SMILES string of the molecule is Cc1ccc(C(=O)/C=C(/N2CCCC2)n2ccnc2)cc1. The van der Waals surface area contributed by atoms with E-state index in [0.29, 0.717) is 0 Å². The molecule has 108 valence electrons. The highest BCUT2D eigenvalue weighted by Gasteiger charge is 2.17. The fourth-order valence-corrected chi connectivity index (χ4v) is 2.59. The Labute approximate surface area is 124 Å². The van der Waals surface area contributed by atoms with Crippen LogP contribution in [0.2, 0.25) is 0 Å². The Balaban J connectivity index is 1.91. The number of hydrogen-bond acceptors (Lipinski definition) is 3. The maximum absolute atomic E-state index is 12.5. The van der Waals surface area contributed by atoms with E-state index in [2.05, 4.69) is 9.88 Å². The summed E-state index contributed by atoms with van der Waals surface area (Å²) < 4.78 is 1.91. The predicted octanol–water partition coefficient (Wildman–Crippen LogP) is 2.97. The third kappa shape index (κ3) is 3.05. The minimum atomic E-state index is 0.0330. The smallest absolute Gasteiger partial charge is 0.189 e. The molecule has 3 rings (SSSR count). The van der Waals surface area contributed by atoms with Gasteiger partial charge in [-0.2, -0.15) is 0 Å². The van der Waals surface area contributed by atoms with Gasteiger partial charge in [0.05, 0.1) is 0 Å². The largest absolute Gasteiger partial charge is 0.358 e. The fraction of sp³-hybridized carbons (Fsp3) is 0.294. The first-order valence-electron chi connectivity index (χ1n) is 7.30. The van der Waals surface area contributed by atoms with E-state index in [1.165, 1.54) is 12.8 Å². The molecule has 0 radical (unpaired) electrons. The van der Waals surface area contributed by atoms with Gasteiger partial charge in [-0.1, -0.05) is 29.8 Å². The molecular formula is C17H19N3O. The minimum Gasteiger partial charge on any atom is -0.358 e. The Kier molecular flexibility index (Phi) is 3.86. The average Bonchev–Trinajstić information content (AvgIpc) is 3.19. The van der Waals surface area contributed by atoms with Crippen molar-refractivity contribution in [2.24, 2.45) is 0 Å². The first-order valence-corrected chi connectivity index (χ1v) is 7.30. The Hall–Kier alpha value is -2.36. The molecule has 1 aromatic carbocycles. The molecule has 2 aromatic rings. The molecule has 0 spiro atoms. The second kappa shape index (κ2) is 5.95. The molecular weight excluding hydrogens is 262 g/mol. The van der Waals surface area contributed by atoms with Crippen molar-refractivity contribution in [1.82, 2.24) is 14.5 Å². The highest BCUT2D eigenvalue weighted by Crippen LogP contribution is 2.19. The first-order chi connectivity index (χ1) is 10.2. The van der Waals surface area contributed by atoms with Crippen LogP contribution >= 0.6 is 0 Å². The molecule has 0 saturated carbocycles. The van der Waals surface area contributed by atoms with Crippen LogP contribution in [-0.2, 0) is 0 Å². The highest BCUT2D eigenvalue weighted by atomic mass is 16.1. The Morgan fingerprint density at radius 2 is 1.90 bits per heavy atom. The van der Waals surface area contributed by atoms with E-state index in [9.17, 15) is 4.79 Å². The number of aryl methyl sites for hydroxylation is 1. The van der Waals surface area contributed by atoms with Crippen molar-refractivity contribution in [2.45, 2.75) is 19.8 Å². The van der Waals surface area contributed by atoms with Crippen molar-refractivity contribution in [2.75, 3.05) is 13.1 Å². The number of carbonyl (C=O) groups is 1. The van der Waals surface area contributed by atoms with Gasteiger partial charge in [0.15, 0.2) is 5.78 Å². The lowest BCUT2D eigenvalue weighted by atomic mass is 10.1. The van der Waals surface area contributed by atoms with Gasteiger partial charge >= 0.3 is 0 Å². The van der Waals surface area contributed by atoms with E-state index in [-0.39, 0.29) is 5.78 Å². The Morgan fingerprint density at radius 1 is 1.19 bits per heavy atom. The van der Waals surface area contributed by atoms with Crippen LogP contribution < -0.4 is 0 Å². The van der Waals surface area contributed by atoms with Crippen LogP contribution in [0.3, 0.4) is 0 Å². The number of aromatic nitrogens is 2. The lowest BCUT2D eigenvalue weighted by Gasteiger charge is -2.21. The van der Waals surface area contributed by atoms with Gasteiger partial charge in [0.2, 0.25) is 0 Å². The summed E-state index contributed by atoms with van der Waals surface area (Å²) in [6.45, 7) is 4.00. The van der Waals surface area contributed by atoms with Crippen molar-refractivity contribution in [1.29, 1.82) is 0 Å². The maximum atomic E-state index is 12.5. The summed E-state index contributed by atoms with van der Waals surface area (Å²) in [5.74, 6) is 0.946. The number of ketones is 1. The van der Waals surface area contributed by atoms with E-state index >= 15 is 0 Å². The van der Waals surface area contributed by atoms with Gasteiger partial charge in [0.1, 0.15) is 12.1 Å². The zero-order chi connectivity index (χ0) is 14.7. The number of imidazole rings is 1. The summed E-state index contributed by atoms with van der Waals surface area (Å²) in [7, 11) is 0. The van der Waals surface area contributed by atoms with E-state index in [0.717, 1.165) is 30.0 Å². The number of benzene rings is 1. The monoisotopic (exact) mass is 281 g/mol. The van der Waals surface area contributed by atoms with Crippen LogP contribution in [0, 0.1) is 6.92 Å². The minimum absolute atomic E-state index is 0.0330. The van der Waals surface area contributed by atoms with Gasteiger partial charge in [0.25, 0.3) is 0 Å². The van der Waals surface area contributed by atoms with Gasteiger partial charge in [-0.05, 0) is 19.8 Å². The lowest BCUT2D eigenvalue weighted by Crippen LogP contribution is -2.22. The molecule has 0 atom stereocenters. The third-order valence-electron chi connectivity index (χ3n) is 3.80. The molecule has 0 unspecified atom stereocenters. The van der Waals surface area contributed by atoms with Crippen LogP contribution in [-0.4, -0.2) is 33.3 Å². The quantitative estimate of drug-likeness (QED) is 0.639. The number of hydrogen-bond donors (Lipinski definition) is 0. The standard InChI is InChI=1S/C17H19N3O/c1-14-4-6-15(7-5-14)16(21)12-17(19-9-2-3-10-19)20-11-8-18-13-20/h4-8,11-13H,2-3,9-10H2,1H3/b17-12-. The third-order valence-corrected chi connectivity index (χ3v) is 3.80. The van der Waals surface area contributed by atoms with Crippen molar-refractivity contribution in [3.8, 4) is 0 Å². The van der Waals surface area contributed by atoms with Crippen LogP contribution in [0.5, 0.6) is 0 Å². The van der Waals surface area contributed by atoms with Crippen molar-refractivity contribution < 1.29 is 4.79 Å². The Bertz CT molecular complexity index is 635. The number of allylic oxidation sites excluding steroid dienone is 1. The van der Waals surface area contributed by atoms with E-state index in [4.69, 9.17) is 0 Å². The number of likely N-dealkylation sites (tertiary alicyclic amines) is 1. The van der Waals surface area contributed by atoms with E-state index < -0.39 is 0 Å². The molecule has 0 N–H and O–H groups in total. The molecule has 0 bridgehead atoms. The predicted molar refractivity (Wildman–Crippen MR) is 82.8 cm³/mol. The molecule has 1 aromatic heterocycles. The van der Waals surface area contributed by atoms with Crippen LogP contribution in [0.4, 0.5) is 0 Å². The molecule has 0 amide bonds. The molecule has 1 fully saturated rings. The van der Waals surface area contributed by atoms with Crippen molar-refractivity contribution >= 4 is 11.6 Å². The number of nitrogens with zero attached hydrogens (tertiary/aromatic N) is 3.